The SMILES string of the molecule is O=c1cc(O)c2cnn(-c3ccc(F)cc3O)c2n1CCCCBr. The summed E-state index contributed by atoms with van der Waals surface area (Å²) in [6, 6.07) is 4.68. The van der Waals surface area contributed by atoms with Gasteiger partial charge < -0.3 is 10.2 Å². The van der Waals surface area contributed by atoms with Gasteiger partial charge in [-0.2, -0.15) is 5.10 Å². The number of aryl methyl sites for hydroxylation is 1. The van der Waals surface area contributed by atoms with Gasteiger partial charge in [-0.1, -0.05) is 15.9 Å². The molecule has 3 rings (SSSR count). The van der Waals surface area contributed by atoms with Crippen molar-refractivity contribution in [1.82, 2.24) is 14.3 Å². The minimum absolute atomic E-state index is 0.181. The number of halogens is 2. The molecule has 2 aromatic heterocycles. The Labute approximate surface area is 144 Å². The molecule has 126 valence electrons. The van der Waals surface area contributed by atoms with Gasteiger partial charge in [0, 0.05) is 24.0 Å². The first-order valence-electron chi connectivity index (χ1n) is 7.38. The number of aromatic hydroxyl groups is 2. The number of fused-ring (bicyclic) bond motifs is 1. The first-order chi connectivity index (χ1) is 11.5. The van der Waals surface area contributed by atoms with Crippen LogP contribution in [0.3, 0.4) is 0 Å². The molecule has 2 heterocycles. The molecule has 0 unspecified atom stereocenters. The van der Waals surface area contributed by atoms with Crippen molar-refractivity contribution >= 4 is 27.0 Å². The van der Waals surface area contributed by atoms with E-state index in [-0.39, 0.29) is 22.7 Å². The molecule has 0 aliphatic carbocycles. The van der Waals surface area contributed by atoms with Crippen LogP contribution >= 0.6 is 15.9 Å². The maximum atomic E-state index is 13.2. The van der Waals surface area contributed by atoms with E-state index in [2.05, 4.69) is 21.0 Å². The Morgan fingerprint density at radius 1 is 1.17 bits per heavy atom. The highest BCUT2D eigenvalue weighted by Gasteiger charge is 2.17. The van der Waals surface area contributed by atoms with Crippen LogP contribution in [0.5, 0.6) is 11.5 Å². The zero-order chi connectivity index (χ0) is 17.3. The first kappa shape index (κ1) is 16.5. The second-order valence-electron chi connectivity index (χ2n) is 5.34. The maximum absolute atomic E-state index is 13.2. The molecule has 0 radical (unpaired) electrons. The zero-order valence-corrected chi connectivity index (χ0v) is 14.2. The number of hydrogen-bond donors (Lipinski definition) is 2. The van der Waals surface area contributed by atoms with Gasteiger partial charge in [-0.3, -0.25) is 9.36 Å². The van der Waals surface area contributed by atoms with Crippen LogP contribution in [-0.4, -0.2) is 29.9 Å². The van der Waals surface area contributed by atoms with Crippen molar-refractivity contribution in [2.45, 2.75) is 19.4 Å². The Bertz CT molecular complexity index is 952. The summed E-state index contributed by atoms with van der Waals surface area (Å²) < 4.78 is 16.1. The number of pyridine rings is 1. The number of benzene rings is 1. The molecular weight excluding hydrogens is 381 g/mol. The van der Waals surface area contributed by atoms with E-state index in [1.54, 1.807) is 0 Å². The molecule has 6 nitrogen and oxygen atoms in total. The predicted molar refractivity (Wildman–Crippen MR) is 91.6 cm³/mol. The Morgan fingerprint density at radius 3 is 2.67 bits per heavy atom. The zero-order valence-electron chi connectivity index (χ0n) is 12.6. The summed E-state index contributed by atoms with van der Waals surface area (Å²) in [6.45, 7) is 0.439. The van der Waals surface area contributed by atoms with Crippen molar-refractivity contribution in [3.63, 3.8) is 0 Å². The quantitative estimate of drug-likeness (QED) is 0.514. The Kier molecular flexibility index (Phi) is 4.57. The van der Waals surface area contributed by atoms with Gasteiger partial charge in [-0.05, 0) is 25.0 Å². The Balaban J connectivity index is 2.24. The highest BCUT2D eigenvalue weighted by molar-refractivity contribution is 9.09. The monoisotopic (exact) mass is 395 g/mol. The minimum Gasteiger partial charge on any atom is -0.507 e. The molecular formula is C16H15BrFN3O3. The van der Waals surface area contributed by atoms with E-state index in [1.165, 1.54) is 27.6 Å². The van der Waals surface area contributed by atoms with Crippen LogP contribution in [0, 0.1) is 5.82 Å². The summed E-state index contributed by atoms with van der Waals surface area (Å²) in [6.07, 6.45) is 3.05. The van der Waals surface area contributed by atoms with Crippen molar-refractivity contribution in [3.05, 3.63) is 46.6 Å². The number of hydrogen-bond acceptors (Lipinski definition) is 4. The summed E-state index contributed by atoms with van der Waals surface area (Å²) in [4.78, 5) is 12.3. The van der Waals surface area contributed by atoms with Crippen LogP contribution in [0.15, 0.2) is 35.3 Å². The van der Waals surface area contributed by atoms with E-state index in [1.807, 2.05) is 0 Å². The molecule has 0 amide bonds. The van der Waals surface area contributed by atoms with E-state index < -0.39 is 5.82 Å². The molecule has 24 heavy (non-hydrogen) atoms. The maximum Gasteiger partial charge on any atom is 0.255 e. The van der Waals surface area contributed by atoms with E-state index in [4.69, 9.17) is 0 Å². The van der Waals surface area contributed by atoms with Gasteiger partial charge in [0.2, 0.25) is 0 Å². The highest BCUT2D eigenvalue weighted by atomic mass is 79.9. The molecule has 0 atom stereocenters. The third-order valence-electron chi connectivity index (χ3n) is 3.73. The lowest BCUT2D eigenvalue weighted by Crippen LogP contribution is -2.21. The lowest BCUT2D eigenvalue weighted by molar-refractivity contribution is 0.464. The van der Waals surface area contributed by atoms with Gasteiger partial charge in [-0.15, -0.1) is 0 Å². The van der Waals surface area contributed by atoms with Gasteiger partial charge in [0.25, 0.3) is 5.56 Å². The van der Waals surface area contributed by atoms with E-state index in [0.29, 0.717) is 17.6 Å². The Morgan fingerprint density at radius 2 is 1.96 bits per heavy atom. The average molecular weight is 396 g/mol. The minimum atomic E-state index is -0.578. The van der Waals surface area contributed by atoms with Crippen molar-refractivity contribution in [2.75, 3.05) is 5.33 Å². The molecule has 8 heteroatoms. The van der Waals surface area contributed by atoms with Gasteiger partial charge >= 0.3 is 0 Å². The van der Waals surface area contributed by atoms with Crippen LogP contribution < -0.4 is 5.56 Å². The van der Waals surface area contributed by atoms with Crippen molar-refractivity contribution in [1.29, 1.82) is 0 Å². The van der Waals surface area contributed by atoms with E-state index in [0.717, 1.165) is 30.3 Å². The van der Waals surface area contributed by atoms with Gasteiger partial charge in [-0.25, -0.2) is 9.07 Å². The van der Waals surface area contributed by atoms with E-state index in [9.17, 15) is 19.4 Å². The molecule has 0 fully saturated rings. The van der Waals surface area contributed by atoms with Crippen molar-refractivity contribution in [2.24, 2.45) is 0 Å². The summed E-state index contributed by atoms with van der Waals surface area (Å²) in [5.74, 6) is -1.06. The van der Waals surface area contributed by atoms with Crippen molar-refractivity contribution < 1.29 is 14.6 Å². The van der Waals surface area contributed by atoms with Crippen LogP contribution in [0.2, 0.25) is 0 Å². The van der Waals surface area contributed by atoms with Gasteiger partial charge in [0.05, 0.1) is 11.6 Å². The second kappa shape index (κ2) is 6.64. The number of aromatic nitrogens is 3. The molecule has 0 saturated heterocycles. The fraction of sp³-hybridized carbons (Fsp3) is 0.250. The molecule has 2 N–H and O–H groups in total. The molecule has 3 aromatic rings. The lowest BCUT2D eigenvalue weighted by Gasteiger charge is -2.12. The number of phenolic OH excluding ortho intramolecular Hbond substituents is 1. The van der Waals surface area contributed by atoms with Crippen LogP contribution in [0.1, 0.15) is 12.8 Å². The number of phenols is 1. The third-order valence-corrected chi connectivity index (χ3v) is 4.29. The number of rotatable bonds is 5. The summed E-state index contributed by atoms with van der Waals surface area (Å²) >= 11 is 3.35. The predicted octanol–water partition coefficient (Wildman–Crippen LogP) is 2.91. The van der Waals surface area contributed by atoms with Gasteiger partial charge in [0.15, 0.2) is 0 Å². The molecule has 0 bridgehead atoms. The lowest BCUT2D eigenvalue weighted by atomic mass is 10.2. The average Bonchev–Trinajstić information content (AvgIpc) is 2.96. The third kappa shape index (κ3) is 2.89. The molecule has 0 spiro atoms. The molecule has 0 aliphatic heterocycles. The Hall–Kier alpha value is -2.35. The van der Waals surface area contributed by atoms with E-state index >= 15 is 0 Å². The molecule has 0 saturated carbocycles. The van der Waals surface area contributed by atoms with Crippen molar-refractivity contribution in [3.8, 4) is 17.2 Å². The highest BCUT2D eigenvalue weighted by Crippen LogP contribution is 2.29. The first-order valence-corrected chi connectivity index (χ1v) is 8.50. The van der Waals surface area contributed by atoms with Gasteiger partial charge in [0.1, 0.15) is 28.7 Å². The van der Waals surface area contributed by atoms with Crippen LogP contribution in [-0.2, 0) is 6.54 Å². The topological polar surface area (TPSA) is 80.3 Å². The van der Waals surface area contributed by atoms with Crippen LogP contribution in [0.4, 0.5) is 4.39 Å². The molecule has 1 aromatic carbocycles. The van der Waals surface area contributed by atoms with Crippen LogP contribution in [0.25, 0.3) is 16.7 Å². The largest absolute Gasteiger partial charge is 0.507 e. The number of unbranched alkanes of at least 4 members (excludes halogenated alkanes) is 1. The number of nitrogens with zero attached hydrogens (tertiary/aromatic N) is 3. The second-order valence-corrected chi connectivity index (χ2v) is 6.14. The molecule has 0 aliphatic rings. The summed E-state index contributed by atoms with van der Waals surface area (Å²) in [7, 11) is 0. The summed E-state index contributed by atoms with van der Waals surface area (Å²) in [5, 5.41) is 25.4. The summed E-state index contributed by atoms with van der Waals surface area (Å²) in [5.41, 5.74) is 0.222. The standard InChI is InChI=1S/C16H15BrFN3O3/c17-5-1-2-6-20-15(24)8-13(22)11-9-19-21(16(11)20)12-4-3-10(18)7-14(12)23/h3-4,7-9,22-23H,1-2,5-6H2. The number of alkyl halides is 1. The smallest absolute Gasteiger partial charge is 0.255 e. The normalized spacial score (nSPS) is 11.2. The fourth-order valence-corrected chi connectivity index (χ4v) is 2.99. The fourth-order valence-electron chi connectivity index (χ4n) is 2.59.